The first kappa shape index (κ1) is 12.6. The van der Waals surface area contributed by atoms with Gasteiger partial charge in [0.1, 0.15) is 6.33 Å². The average molecular weight is 263 g/mol. The zero-order valence-corrected chi connectivity index (χ0v) is 10.4. The molecular weight excluding hydrogens is 250 g/mol. The Hall–Kier alpha value is -2.84. The number of aliphatic imine (C=N–C) groups is 1. The molecule has 0 amide bonds. The first-order chi connectivity index (χ1) is 8.93. The Morgan fingerprint density at radius 3 is 2.63 bits per heavy atom. The van der Waals surface area contributed by atoms with E-state index in [1.807, 2.05) is 0 Å². The predicted octanol–water partition coefficient (Wildman–Crippen LogP) is -1.86. The number of nitrogens with zero attached hydrogens (tertiary/aromatic N) is 5. The second-order valence-electron chi connectivity index (χ2n) is 3.88. The first-order valence-corrected chi connectivity index (χ1v) is 5.31. The summed E-state index contributed by atoms with van der Waals surface area (Å²) in [7, 11) is 2.95. The Balaban J connectivity index is 2.74. The van der Waals surface area contributed by atoms with Gasteiger partial charge >= 0.3 is 5.69 Å². The molecule has 0 bridgehead atoms. The van der Waals surface area contributed by atoms with E-state index < -0.39 is 11.2 Å². The third kappa shape index (κ3) is 2.01. The fourth-order valence-corrected chi connectivity index (χ4v) is 1.67. The maximum atomic E-state index is 12.0. The summed E-state index contributed by atoms with van der Waals surface area (Å²) in [5.41, 5.74) is 10.1. The van der Waals surface area contributed by atoms with E-state index in [9.17, 15) is 9.59 Å². The normalized spacial score (nSPS) is 11.3. The molecule has 0 saturated heterocycles. The number of guanidine groups is 1. The van der Waals surface area contributed by atoms with E-state index in [1.54, 1.807) is 7.05 Å². The molecular formula is C10H13N7O2. The van der Waals surface area contributed by atoms with Crippen LogP contribution in [0.1, 0.15) is 0 Å². The summed E-state index contributed by atoms with van der Waals surface area (Å²) in [5, 5.41) is 0. The predicted molar refractivity (Wildman–Crippen MR) is 71.4 cm³/mol. The van der Waals surface area contributed by atoms with Gasteiger partial charge in [-0.15, -0.1) is 0 Å². The average Bonchev–Trinajstić information content (AvgIpc) is 2.77. The Bertz CT molecular complexity index is 802. The largest absolute Gasteiger partial charge is 0.370 e. The van der Waals surface area contributed by atoms with Crippen molar-refractivity contribution in [3.8, 4) is 0 Å². The van der Waals surface area contributed by atoms with E-state index in [2.05, 4.69) is 9.98 Å². The Labute approximate surface area is 107 Å². The van der Waals surface area contributed by atoms with Gasteiger partial charge in [-0.25, -0.2) is 14.8 Å². The maximum Gasteiger partial charge on any atom is 0.332 e. The number of rotatable bonds is 2. The van der Waals surface area contributed by atoms with E-state index in [0.717, 1.165) is 4.57 Å². The van der Waals surface area contributed by atoms with Crippen molar-refractivity contribution < 1.29 is 0 Å². The van der Waals surface area contributed by atoms with Gasteiger partial charge in [-0.2, -0.15) is 0 Å². The third-order valence-electron chi connectivity index (χ3n) is 2.62. The molecule has 9 nitrogen and oxygen atoms in total. The van der Waals surface area contributed by atoms with Crippen molar-refractivity contribution in [2.75, 3.05) is 0 Å². The van der Waals surface area contributed by atoms with Gasteiger partial charge in [-0.05, 0) is 0 Å². The van der Waals surface area contributed by atoms with Crippen LogP contribution in [-0.4, -0.2) is 24.6 Å². The molecule has 9 heteroatoms. The van der Waals surface area contributed by atoms with Gasteiger partial charge in [0.15, 0.2) is 17.1 Å². The quantitative estimate of drug-likeness (QED) is 0.485. The van der Waals surface area contributed by atoms with Crippen LogP contribution in [0.25, 0.3) is 17.4 Å². The lowest BCUT2D eigenvalue weighted by Crippen LogP contribution is -2.37. The van der Waals surface area contributed by atoms with Crippen molar-refractivity contribution in [1.82, 2.24) is 18.7 Å². The minimum Gasteiger partial charge on any atom is -0.370 e. The lowest BCUT2D eigenvalue weighted by atomic mass is 10.5. The van der Waals surface area contributed by atoms with Gasteiger partial charge in [-0.1, -0.05) is 0 Å². The lowest BCUT2D eigenvalue weighted by molar-refractivity contribution is 0.708. The fraction of sp³-hybridized carbons (Fsp3) is 0.200. The van der Waals surface area contributed by atoms with Crippen molar-refractivity contribution in [3.63, 3.8) is 0 Å². The first-order valence-electron chi connectivity index (χ1n) is 5.31. The maximum absolute atomic E-state index is 12.0. The molecule has 0 saturated carbocycles. The topological polar surface area (TPSA) is 126 Å². The van der Waals surface area contributed by atoms with E-state index >= 15 is 0 Å². The molecule has 2 aromatic heterocycles. The summed E-state index contributed by atoms with van der Waals surface area (Å²) in [6.45, 7) is 0. The van der Waals surface area contributed by atoms with E-state index in [4.69, 9.17) is 11.5 Å². The molecule has 0 aromatic carbocycles. The number of nitrogens with two attached hydrogens (primary N) is 2. The van der Waals surface area contributed by atoms with Gasteiger partial charge < -0.3 is 11.5 Å². The van der Waals surface area contributed by atoms with E-state index in [1.165, 1.54) is 34.9 Å². The number of hydrogen-bond acceptors (Lipinski definition) is 4. The number of aryl methyl sites for hydroxylation is 1. The fourth-order valence-electron chi connectivity index (χ4n) is 1.67. The molecule has 4 N–H and O–H groups in total. The van der Waals surface area contributed by atoms with Crippen molar-refractivity contribution in [3.05, 3.63) is 33.4 Å². The van der Waals surface area contributed by atoms with Crippen molar-refractivity contribution in [2.24, 2.45) is 30.6 Å². The number of fused-ring (bicyclic) bond motifs is 1. The highest BCUT2D eigenvalue weighted by Crippen LogP contribution is 2.05. The van der Waals surface area contributed by atoms with Crippen LogP contribution in [0.15, 0.2) is 27.1 Å². The van der Waals surface area contributed by atoms with Crippen molar-refractivity contribution >= 4 is 23.3 Å². The Morgan fingerprint density at radius 2 is 2.00 bits per heavy atom. The second kappa shape index (κ2) is 4.44. The summed E-state index contributed by atoms with van der Waals surface area (Å²) in [4.78, 5) is 31.5. The van der Waals surface area contributed by atoms with Crippen LogP contribution in [0, 0.1) is 0 Å². The number of aromatic nitrogens is 4. The standard InChI is InChI=1S/C10H13N7O2/c1-15-7-6(8(18)16(2)10(15)19)17(5-14-7)4-3-13-9(11)12/h3-5H,1-2H3,(H4,11,12,13). The summed E-state index contributed by atoms with van der Waals surface area (Å²) in [5.74, 6) is -0.0963. The van der Waals surface area contributed by atoms with Gasteiger partial charge in [0.05, 0.1) is 0 Å². The molecule has 2 rings (SSSR count). The molecule has 0 spiro atoms. The smallest absolute Gasteiger partial charge is 0.332 e. The van der Waals surface area contributed by atoms with Crippen LogP contribution < -0.4 is 22.7 Å². The van der Waals surface area contributed by atoms with Crippen LogP contribution in [0.3, 0.4) is 0 Å². The van der Waals surface area contributed by atoms with Crippen molar-refractivity contribution in [1.29, 1.82) is 0 Å². The highest BCUT2D eigenvalue weighted by molar-refractivity contribution is 5.77. The molecule has 0 atom stereocenters. The highest BCUT2D eigenvalue weighted by Gasteiger charge is 2.12. The van der Waals surface area contributed by atoms with Gasteiger partial charge in [0, 0.05) is 26.5 Å². The molecule has 0 unspecified atom stereocenters. The minimum absolute atomic E-state index is 0.0963. The molecule has 2 aromatic rings. The molecule has 0 radical (unpaired) electrons. The van der Waals surface area contributed by atoms with E-state index in [-0.39, 0.29) is 11.5 Å². The molecule has 100 valence electrons. The van der Waals surface area contributed by atoms with Crippen LogP contribution in [0.5, 0.6) is 0 Å². The zero-order valence-electron chi connectivity index (χ0n) is 10.4. The van der Waals surface area contributed by atoms with E-state index in [0.29, 0.717) is 5.65 Å². The Kier molecular flexibility index (Phi) is 2.95. The molecule has 0 fully saturated rings. The summed E-state index contributed by atoms with van der Waals surface area (Å²) < 4.78 is 3.75. The highest BCUT2D eigenvalue weighted by atomic mass is 16.2. The lowest BCUT2D eigenvalue weighted by Gasteiger charge is -2.03. The van der Waals surface area contributed by atoms with Gasteiger partial charge in [0.25, 0.3) is 5.56 Å². The zero-order chi connectivity index (χ0) is 14.2. The van der Waals surface area contributed by atoms with Crippen molar-refractivity contribution in [2.45, 2.75) is 0 Å². The third-order valence-corrected chi connectivity index (χ3v) is 2.62. The summed E-state index contributed by atoms with van der Waals surface area (Å²) in [6.07, 6.45) is 4.21. The monoisotopic (exact) mass is 263 g/mol. The Morgan fingerprint density at radius 1 is 1.32 bits per heavy atom. The summed E-state index contributed by atoms with van der Waals surface area (Å²) in [6, 6.07) is 0. The summed E-state index contributed by atoms with van der Waals surface area (Å²) >= 11 is 0. The second-order valence-corrected chi connectivity index (χ2v) is 3.88. The number of hydrogen-bond donors (Lipinski definition) is 2. The molecule has 19 heavy (non-hydrogen) atoms. The van der Waals surface area contributed by atoms with Crippen LogP contribution in [-0.2, 0) is 14.1 Å². The molecule has 2 heterocycles. The molecule has 0 aliphatic rings. The molecule has 0 aliphatic carbocycles. The van der Waals surface area contributed by atoms with Gasteiger partial charge in [-0.3, -0.25) is 18.5 Å². The minimum atomic E-state index is -0.440. The van der Waals surface area contributed by atoms with Crippen LogP contribution in [0.2, 0.25) is 0 Å². The number of imidazole rings is 1. The van der Waals surface area contributed by atoms with Crippen LogP contribution in [0.4, 0.5) is 0 Å². The molecule has 0 aliphatic heterocycles. The van der Waals surface area contributed by atoms with Crippen LogP contribution >= 0.6 is 0 Å². The van der Waals surface area contributed by atoms with Gasteiger partial charge in [0.2, 0.25) is 0 Å². The SMILES string of the molecule is Cn1c(=O)c2c(ncn2C=CN=C(N)N)n(C)c1=O.